The van der Waals surface area contributed by atoms with Gasteiger partial charge in [-0.25, -0.2) is 15.0 Å². The smallest absolute Gasteiger partial charge is 0.255 e. The Morgan fingerprint density at radius 3 is 2.74 bits per heavy atom. The Morgan fingerprint density at radius 1 is 1.09 bits per heavy atom. The van der Waals surface area contributed by atoms with Gasteiger partial charge < -0.3 is 26.4 Å². The molecule has 2 aromatic heterocycles. The summed E-state index contributed by atoms with van der Waals surface area (Å²) in [5.41, 5.74) is 3.37. The third kappa shape index (κ3) is 5.16. The van der Waals surface area contributed by atoms with Crippen LogP contribution in [0.2, 0.25) is 0 Å². The zero-order valence-corrected chi connectivity index (χ0v) is 19.4. The molecular formula is C25H29N7O2. The molecular weight excluding hydrogens is 430 g/mol. The van der Waals surface area contributed by atoms with Crippen LogP contribution >= 0.6 is 0 Å². The molecule has 2 aliphatic rings. The first-order valence-corrected chi connectivity index (χ1v) is 11.6. The van der Waals surface area contributed by atoms with Gasteiger partial charge in [-0.05, 0) is 69.0 Å². The van der Waals surface area contributed by atoms with E-state index in [0.717, 1.165) is 38.0 Å². The standard InChI is InChI=1S/C25H29N7O2/c1-25(2,34)24-27-10-8-21(32-24)31-20-12-22(28-14-19(20)23(33)30-17-5-6-17)29-18-4-3-15-7-9-26-13-16(15)11-18/h3-4,8,10-12,14,17,26,34H,5-7,9,13H2,1-2H3,(H,30,33)(H2,27,28,29,31,32). The van der Waals surface area contributed by atoms with Gasteiger partial charge in [-0.1, -0.05) is 6.07 Å². The number of fused-ring (bicyclic) bond motifs is 1. The number of hydrogen-bond donors (Lipinski definition) is 5. The van der Waals surface area contributed by atoms with Gasteiger partial charge in [0, 0.05) is 36.7 Å². The molecule has 0 unspecified atom stereocenters. The molecule has 1 fully saturated rings. The Bertz CT molecular complexity index is 1220. The van der Waals surface area contributed by atoms with Gasteiger partial charge in [0.25, 0.3) is 5.91 Å². The summed E-state index contributed by atoms with van der Waals surface area (Å²) in [7, 11) is 0. The molecule has 0 bridgehead atoms. The number of nitrogens with one attached hydrogen (secondary N) is 4. The van der Waals surface area contributed by atoms with Gasteiger partial charge in [-0.3, -0.25) is 4.79 Å². The fourth-order valence-corrected chi connectivity index (χ4v) is 3.87. The van der Waals surface area contributed by atoms with Crippen LogP contribution in [0.4, 0.5) is 23.0 Å². The van der Waals surface area contributed by atoms with E-state index in [0.29, 0.717) is 22.9 Å². The number of amides is 1. The third-order valence-electron chi connectivity index (χ3n) is 5.89. The Kier molecular flexibility index (Phi) is 5.89. The van der Waals surface area contributed by atoms with Crippen molar-refractivity contribution >= 4 is 28.9 Å². The molecule has 5 N–H and O–H groups in total. The number of anilines is 4. The predicted molar refractivity (Wildman–Crippen MR) is 130 cm³/mol. The Hall–Kier alpha value is -3.56. The van der Waals surface area contributed by atoms with Crippen molar-refractivity contribution in [2.45, 2.75) is 51.3 Å². The van der Waals surface area contributed by atoms with Crippen molar-refractivity contribution in [3.8, 4) is 0 Å². The first-order valence-electron chi connectivity index (χ1n) is 11.6. The summed E-state index contributed by atoms with van der Waals surface area (Å²) in [6.07, 6.45) is 6.16. The molecule has 3 heterocycles. The number of aliphatic hydroxyl groups is 1. The molecule has 1 aliphatic carbocycles. The highest BCUT2D eigenvalue weighted by molar-refractivity contribution is 6.00. The lowest BCUT2D eigenvalue weighted by molar-refractivity contribution is 0.0688. The minimum atomic E-state index is -1.18. The zero-order valence-electron chi connectivity index (χ0n) is 19.4. The van der Waals surface area contributed by atoms with Crippen molar-refractivity contribution in [2.24, 2.45) is 0 Å². The monoisotopic (exact) mass is 459 g/mol. The summed E-state index contributed by atoms with van der Waals surface area (Å²) >= 11 is 0. The van der Waals surface area contributed by atoms with E-state index in [9.17, 15) is 9.90 Å². The van der Waals surface area contributed by atoms with Gasteiger partial charge in [0.2, 0.25) is 0 Å². The molecule has 0 radical (unpaired) electrons. The van der Waals surface area contributed by atoms with Crippen LogP contribution in [0.1, 0.15) is 54.0 Å². The van der Waals surface area contributed by atoms with Gasteiger partial charge >= 0.3 is 0 Å². The number of hydrogen-bond acceptors (Lipinski definition) is 8. The number of benzene rings is 1. The Labute approximate surface area is 198 Å². The van der Waals surface area contributed by atoms with Gasteiger partial charge in [-0.15, -0.1) is 0 Å². The summed E-state index contributed by atoms with van der Waals surface area (Å²) in [5, 5.41) is 23.3. The van der Waals surface area contributed by atoms with Crippen LogP contribution in [-0.2, 0) is 18.6 Å². The molecule has 1 aliphatic heterocycles. The molecule has 9 heteroatoms. The fraction of sp³-hybridized carbons (Fsp3) is 0.360. The molecule has 5 rings (SSSR count). The number of pyridine rings is 1. The molecule has 0 saturated heterocycles. The van der Waals surface area contributed by atoms with E-state index in [-0.39, 0.29) is 17.8 Å². The van der Waals surface area contributed by atoms with E-state index in [4.69, 9.17) is 0 Å². The first kappa shape index (κ1) is 22.2. The van der Waals surface area contributed by atoms with Gasteiger partial charge in [0.15, 0.2) is 5.82 Å². The molecule has 0 atom stereocenters. The van der Waals surface area contributed by atoms with Crippen molar-refractivity contribution < 1.29 is 9.90 Å². The van der Waals surface area contributed by atoms with E-state index in [1.165, 1.54) is 11.1 Å². The average Bonchev–Trinajstić information content (AvgIpc) is 3.63. The molecule has 176 valence electrons. The summed E-state index contributed by atoms with van der Waals surface area (Å²) in [5.74, 6) is 1.19. The quantitative estimate of drug-likeness (QED) is 0.365. The maximum Gasteiger partial charge on any atom is 0.255 e. The van der Waals surface area contributed by atoms with E-state index in [2.05, 4.69) is 48.4 Å². The normalized spacial score (nSPS) is 15.4. The molecule has 34 heavy (non-hydrogen) atoms. The maximum absolute atomic E-state index is 12.9. The second-order valence-electron chi connectivity index (χ2n) is 9.35. The fourth-order valence-electron chi connectivity index (χ4n) is 3.87. The lowest BCUT2D eigenvalue weighted by Crippen LogP contribution is -2.26. The first-order chi connectivity index (χ1) is 16.3. The minimum Gasteiger partial charge on any atom is -0.382 e. The highest BCUT2D eigenvalue weighted by atomic mass is 16.3. The highest BCUT2D eigenvalue weighted by Crippen LogP contribution is 2.28. The van der Waals surface area contributed by atoms with E-state index in [1.54, 1.807) is 38.4 Å². The van der Waals surface area contributed by atoms with Gasteiger partial charge in [-0.2, -0.15) is 0 Å². The lowest BCUT2D eigenvalue weighted by atomic mass is 10.0. The molecule has 0 spiro atoms. The van der Waals surface area contributed by atoms with E-state index < -0.39 is 5.60 Å². The van der Waals surface area contributed by atoms with Crippen LogP contribution in [0.25, 0.3) is 0 Å². The summed E-state index contributed by atoms with van der Waals surface area (Å²) in [6, 6.07) is 10.0. The van der Waals surface area contributed by atoms with Gasteiger partial charge in [0.05, 0.1) is 11.3 Å². The van der Waals surface area contributed by atoms with Crippen LogP contribution in [0.5, 0.6) is 0 Å². The molecule has 3 aromatic rings. The van der Waals surface area contributed by atoms with Crippen LogP contribution in [-0.4, -0.2) is 38.6 Å². The Morgan fingerprint density at radius 2 is 1.94 bits per heavy atom. The topological polar surface area (TPSA) is 124 Å². The van der Waals surface area contributed by atoms with Crippen molar-refractivity contribution in [3.05, 3.63) is 65.2 Å². The summed E-state index contributed by atoms with van der Waals surface area (Å²) in [4.78, 5) is 25.9. The highest BCUT2D eigenvalue weighted by Gasteiger charge is 2.26. The van der Waals surface area contributed by atoms with Crippen molar-refractivity contribution in [3.63, 3.8) is 0 Å². The van der Waals surface area contributed by atoms with Gasteiger partial charge in [0.1, 0.15) is 17.2 Å². The third-order valence-corrected chi connectivity index (χ3v) is 5.89. The zero-order chi connectivity index (χ0) is 23.7. The number of rotatable bonds is 7. The van der Waals surface area contributed by atoms with Crippen LogP contribution in [0, 0.1) is 0 Å². The second-order valence-corrected chi connectivity index (χ2v) is 9.35. The van der Waals surface area contributed by atoms with Crippen molar-refractivity contribution in [1.82, 2.24) is 25.6 Å². The Balaban J connectivity index is 1.44. The largest absolute Gasteiger partial charge is 0.382 e. The van der Waals surface area contributed by atoms with Crippen molar-refractivity contribution in [1.29, 1.82) is 0 Å². The maximum atomic E-state index is 12.9. The second kappa shape index (κ2) is 9.00. The number of carbonyl (C=O) groups is 1. The lowest BCUT2D eigenvalue weighted by Gasteiger charge is -2.19. The predicted octanol–water partition coefficient (Wildman–Crippen LogP) is 3.12. The number of aromatic nitrogens is 3. The summed E-state index contributed by atoms with van der Waals surface area (Å²) < 4.78 is 0. The molecule has 1 amide bonds. The van der Waals surface area contributed by atoms with E-state index in [1.807, 2.05) is 6.07 Å². The average molecular weight is 460 g/mol. The van der Waals surface area contributed by atoms with Crippen LogP contribution in [0.15, 0.2) is 42.7 Å². The summed E-state index contributed by atoms with van der Waals surface area (Å²) in [6.45, 7) is 5.11. The molecule has 9 nitrogen and oxygen atoms in total. The van der Waals surface area contributed by atoms with E-state index >= 15 is 0 Å². The van der Waals surface area contributed by atoms with Crippen molar-refractivity contribution in [2.75, 3.05) is 17.2 Å². The van der Waals surface area contributed by atoms with Crippen LogP contribution < -0.4 is 21.3 Å². The molecule has 1 saturated carbocycles. The SMILES string of the molecule is CC(C)(O)c1nccc(Nc2cc(Nc3ccc4c(c3)CNCC4)ncc2C(=O)NC2CC2)n1. The number of carbonyl (C=O) groups excluding carboxylic acids is 1. The van der Waals surface area contributed by atoms with Crippen LogP contribution in [0.3, 0.4) is 0 Å². The minimum absolute atomic E-state index is 0.180. The molecule has 1 aromatic carbocycles. The number of nitrogens with zero attached hydrogens (tertiary/aromatic N) is 3.